The molecule has 2 heterocycles. The molecule has 2 aliphatic rings. The minimum Gasteiger partial charge on any atom is -0.305 e. The standard InChI is InChI=1S/C10H20N2/c1-9-5-11(3)7-10(9,2)8-12(4)6-9/h5-8H2,1-4H3. The summed E-state index contributed by atoms with van der Waals surface area (Å²) in [4.78, 5) is 4.96. The van der Waals surface area contributed by atoms with Gasteiger partial charge in [-0.25, -0.2) is 0 Å². The van der Waals surface area contributed by atoms with Crippen LogP contribution in [0.1, 0.15) is 13.8 Å². The highest BCUT2D eigenvalue weighted by atomic mass is 15.2. The summed E-state index contributed by atoms with van der Waals surface area (Å²) in [6.07, 6.45) is 0. The molecule has 0 N–H and O–H groups in total. The highest BCUT2D eigenvalue weighted by molar-refractivity contribution is 5.08. The van der Waals surface area contributed by atoms with E-state index in [9.17, 15) is 0 Å². The maximum Gasteiger partial charge on any atom is 0.00510 e. The molecule has 12 heavy (non-hydrogen) atoms. The van der Waals surface area contributed by atoms with Crippen molar-refractivity contribution in [1.29, 1.82) is 0 Å². The smallest absolute Gasteiger partial charge is 0.00510 e. The molecule has 70 valence electrons. The zero-order valence-electron chi connectivity index (χ0n) is 8.72. The second-order valence-electron chi connectivity index (χ2n) is 5.47. The van der Waals surface area contributed by atoms with E-state index < -0.39 is 0 Å². The molecule has 0 amide bonds. The van der Waals surface area contributed by atoms with Crippen molar-refractivity contribution in [3.05, 3.63) is 0 Å². The molecule has 2 rings (SSSR count). The lowest BCUT2D eigenvalue weighted by Gasteiger charge is -2.31. The summed E-state index contributed by atoms with van der Waals surface area (Å²) in [5.41, 5.74) is 1.08. The van der Waals surface area contributed by atoms with Crippen molar-refractivity contribution >= 4 is 0 Å². The fourth-order valence-corrected chi connectivity index (χ4v) is 3.36. The summed E-state index contributed by atoms with van der Waals surface area (Å²) in [6, 6.07) is 0. The Morgan fingerprint density at radius 1 is 0.750 bits per heavy atom. The van der Waals surface area contributed by atoms with E-state index in [1.807, 2.05) is 0 Å². The Labute approximate surface area is 75.5 Å². The summed E-state index contributed by atoms with van der Waals surface area (Å²) in [5.74, 6) is 0. The van der Waals surface area contributed by atoms with Crippen molar-refractivity contribution in [2.75, 3.05) is 40.3 Å². The Bertz CT molecular complexity index is 166. The Hall–Kier alpha value is -0.0800. The highest BCUT2D eigenvalue weighted by Crippen LogP contribution is 2.50. The molecule has 2 nitrogen and oxygen atoms in total. The zero-order valence-corrected chi connectivity index (χ0v) is 8.72. The van der Waals surface area contributed by atoms with E-state index in [1.165, 1.54) is 26.2 Å². The van der Waals surface area contributed by atoms with Crippen molar-refractivity contribution in [2.45, 2.75) is 13.8 Å². The number of rotatable bonds is 0. The number of hydrogen-bond acceptors (Lipinski definition) is 2. The normalized spacial score (nSPS) is 50.0. The maximum absolute atomic E-state index is 2.48. The summed E-state index contributed by atoms with van der Waals surface area (Å²) in [5, 5.41) is 0. The lowest BCUT2D eigenvalue weighted by molar-refractivity contribution is 0.212. The van der Waals surface area contributed by atoms with Gasteiger partial charge in [-0.3, -0.25) is 0 Å². The SMILES string of the molecule is CN1CC2(C)CN(C)CC2(C)C1. The molecule has 0 unspecified atom stereocenters. The zero-order chi connectivity index (χ0) is 8.98. The van der Waals surface area contributed by atoms with Crippen LogP contribution in [0.25, 0.3) is 0 Å². The largest absolute Gasteiger partial charge is 0.305 e. The Morgan fingerprint density at radius 3 is 1.25 bits per heavy atom. The van der Waals surface area contributed by atoms with Gasteiger partial charge in [0.15, 0.2) is 0 Å². The second kappa shape index (κ2) is 2.24. The number of nitrogens with zero attached hydrogens (tertiary/aromatic N) is 2. The van der Waals surface area contributed by atoms with Gasteiger partial charge >= 0.3 is 0 Å². The lowest BCUT2D eigenvalue weighted by atomic mass is 9.71. The Kier molecular flexibility index (Phi) is 1.59. The predicted molar refractivity (Wildman–Crippen MR) is 51.2 cm³/mol. The van der Waals surface area contributed by atoms with Crippen molar-refractivity contribution < 1.29 is 0 Å². The fraction of sp³-hybridized carbons (Fsp3) is 1.00. The first-order chi connectivity index (χ1) is 5.45. The van der Waals surface area contributed by atoms with Gasteiger partial charge in [0.2, 0.25) is 0 Å². The molecule has 0 aromatic heterocycles. The van der Waals surface area contributed by atoms with Crippen LogP contribution < -0.4 is 0 Å². The summed E-state index contributed by atoms with van der Waals surface area (Å²) < 4.78 is 0. The molecule has 0 aliphatic carbocycles. The third-order valence-electron chi connectivity index (χ3n) is 3.93. The van der Waals surface area contributed by atoms with Crippen LogP contribution in [-0.2, 0) is 0 Å². The van der Waals surface area contributed by atoms with Gasteiger partial charge in [0.1, 0.15) is 0 Å². The monoisotopic (exact) mass is 168 g/mol. The molecule has 2 aliphatic heterocycles. The molecule has 0 spiro atoms. The van der Waals surface area contributed by atoms with Crippen LogP contribution in [0.4, 0.5) is 0 Å². The molecular weight excluding hydrogens is 148 g/mol. The van der Waals surface area contributed by atoms with E-state index in [-0.39, 0.29) is 0 Å². The minimum atomic E-state index is 0.538. The van der Waals surface area contributed by atoms with Gasteiger partial charge in [-0.1, -0.05) is 13.8 Å². The van der Waals surface area contributed by atoms with E-state index in [0.717, 1.165) is 0 Å². The van der Waals surface area contributed by atoms with Crippen LogP contribution >= 0.6 is 0 Å². The first-order valence-corrected chi connectivity index (χ1v) is 4.82. The van der Waals surface area contributed by atoms with Crippen LogP contribution in [0.3, 0.4) is 0 Å². The van der Waals surface area contributed by atoms with Crippen LogP contribution in [0.5, 0.6) is 0 Å². The molecule has 2 saturated heterocycles. The van der Waals surface area contributed by atoms with Gasteiger partial charge in [-0.2, -0.15) is 0 Å². The molecule has 0 saturated carbocycles. The predicted octanol–water partition coefficient (Wildman–Crippen LogP) is 0.890. The first-order valence-electron chi connectivity index (χ1n) is 4.82. The number of hydrogen-bond donors (Lipinski definition) is 0. The molecule has 0 radical (unpaired) electrons. The molecule has 2 heteroatoms. The lowest BCUT2D eigenvalue weighted by Crippen LogP contribution is -2.34. The van der Waals surface area contributed by atoms with Crippen LogP contribution in [0.2, 0.25) is 0 Å². The third-order valence-corrected chi connectivity index (χ3v) is 3.93. The molecule has 0 aromatic rings. The Morgan fingerprint density at radius 2 is 1.00 bits per heavy atom. The second-order valence-corrected chi connectivity index (χ2v) is 5.47. The first kappa shape index (κ1) is 8.52. The minimum absolute atomic E-state index is 0.538. The number of likely N-dealkylation sites (tertiary alicyclic amines) is 2. The quantitative estimate of drug-likeness (QED) is 0.530. The van der Waals surface area contributed by atoms with Crippen LogP contribution in [0, 0.1) is 10.8 Å². The average Bonchev–Trinajstić information content (AvgIpc) is 2.09. The summed E-state index contributed by atoms with van der Waals surface area (Å²) >= 11 is 0. The van der Waals surface area contributed by atoms with Crippen molar-refractivity contribution in [2.24, 2.45) is 10.8 Å². The van der Waals surface area contributed by atoms with E-state index >= 15 is 0 Å². The van der Waals surface area contributed by atoms with Crippen molar-refractivity contribution in [1.82, 2.24) is 9.80 Å². The van der Waals surface area contributed by atoms with Gasteiger partial charge in [-0.15, -0.1) is 0 Å². The fourth-order valence-electron chi connectivity index (χ4n) is 3.36. The molecule has 2 fully saturated rings. The van der Waals surface area contributed by atoms with Crippen molar-refractivity contribution in [3.8, 4) is 0 Å². The summed E-state index contributed by atoms with van der Waals surface area (Å²) in [7, 11) is 4.49. The van der Waals surface area contributed by atoms with Crippen LogP contribution in [0.15, 0.2) is 0 Å². The van der Waals surface area contributed by atoms with Gasteiger partial charge in [0.25, 0.3) is 0 Å². The Balaban J connectivity index is 2.27. The van der Waals surface area contributed by atoms with E-state index in [0.29, 0.717) is 10.8 Å². The molecule has 0 bridgehead atoms. The molecule has 0 aromatic carbocycles. The van der Waals surface area contributed by atoms with Gasteiger partial charge in [-0.05, 0) is 14.1 Å². The topological polar surface area (TPSA) is 6.48 Å². The van der Waals surface area contributed by atoms with Gasteiger partial charge in [0.05, 0.1) is 0 Å². The maximum atomic E-state index is 2.48. The van der Waals surface area contributed by atoms with Crippen LogP contribution in [-0.4, -0.2) is 50.1 Å². The van der Waals surface area contributed by atoms with Crippen molar-refractivity contribution in [3.63, 3.8) is 0 Å². The van der Waals surface area contributed by atoms with Gasteiger partial charge in [0, 0.05) is 37.0 Å². The van der Waals surface area contributed by atoms with E-state index in [4.69, 9.17) is 0 Å². The molecule has 0 atom stereocenters. The highest BCUT2D eigenvalue weighted by Gasteiger charge is 2.55. The van der Waals surface area contributed by atoms with E-state index in [2.05, 4.69) is 37.7 Å². The number of fused-ring (bicyclic) bond motifs is 1. The van der Waals surface area contributed by atoms with E-state index in [1.54, 1.807) is 0 Å². The average molecular weight is 168 g/mol. The third kappa shape index (κ3) is 0.944. The van der Waals surface area contributed by atoms with Gasteiger partial charge < -0.3 is 9.80 Å². The summed E-state index contributed by atoms with van der Waals surface area (Å²) in [6.45, 7) is 9.98. The molecular formula is C10H20N2.